The van der Waals surface area contributed by atoms with Gasteiger partial charge in [0.2, 0.25) is 0 Å². The first kappa shape index (κ1) is 14.5. The Morgan fingerprint density at radius 2 is 1.85 bits per heavy atom. The number of ketones is 2. The molecule has 0 atom stereocenters. The van der Waals surface area contributed by atoms with Gasteiger partial charge in [0.25, 0.3) is 0 Å². The fourth-order valence-electron chi connectivity index (χ4n) is 2.04. The van der Waals surface area contributed by atoms with Crippen molar-refractivity contribution in [1.29, 1.82) is 0 Å². The fraction of sp³-hybridized carbons (Fsp3) is 0.214. The molecule has 0 bridgehead atoms. The summed E-state index contributed by atoms with van der Waals surface area (Å²) in [6.07, 6.45) is 0. The predicted molar refractivity (Wildman–Crippen MR) is 76.6 cm³/mol. The molecule has 0 aliphatic rings. The molecule has 0 aliphatic carbocycles. The Morgan fingerprint density at radius 1 is 1.25 bits per heavy atom. The zero-order valence-electron chi connectivity index (χ0n) is 11.0. The van der Waals surface area contributed by atoms with E-state index in [4.69, 9.17) is 4.42 Å². The molecule has 104 valence electrons. The molecule has 20 heavy (non-hydrogen) atoms. The van der Waals surface area contributed by atoms with Crippen LogP contribution in [0.4, 0.5) is 0 Å². The van der Waals surface area contributed by atoms with E-state index in [1.54, 1.807) is 6.92 Å². The van der Waals surface area contributed by atoms with E-state index in [1.807, 2.05) is 0 Å². The lowest BCUT2D eigenvalue weighted by molar-refractivity contribution is 0.101. The molecule has 6 heteroatoms. The van der Waals surface area contributed by atoms with E-state index in [0.717, 1.165) is 0 Å². The van der Waals surface area contributed by atoms with Crippen LogP contribution in [0.1, 0.15) is 40.1 Å². The molecule has 1 aromatic carbocycles. The lowest BCUT2D eigenvalue weighted by atomic mass is 9.98. The molecule has 2 rings (SSSR count). The number of aromatic hydroxyl groups is 1. The van der Waals surface area contributed by atoms with Gasteiger partial charge in [-0.25, -0.2) is 4.79 Å². The minimum Gasteiger partial charge on any atom is -0.506 e. The maximum Gasteiger partial charge on any atom is 0.350 e. The van der Waals surface area contributed by atoms with E-state index < -0.39 is 17.2 Å². The molecule has 0 unspecified atom stereocenters. The zero-order valence-corrected chi connectivity index (χ0v) is 12.6. The van der Waals surface area contributed by atoms with Crippen molar-refractivity contribution in [1.82, 2.24) is 0 Å². The van der Waals surface area contributed by atoms with E-state index >= 15 is 0 Å². The summed E-state index contributed by atoms with van der Waals surface area (Å²) in [6, 6.07) is 1.42. The topological polar surface area (TPSA) is 84.6 Å². The summed E-state index contributed by atoms with van der Waals surface area (Å²) in [5.74, 6) is -1.32. The number of benzene rings is 1. The van der Waals surface area contributed by atoms with Crippen LogP contribution < -0.4 is 5.63 Å². The summed E-state index contributed by atoms with van der Waals surface area (Å²) >= 11 is 3.10. The van der Waals surface area contributed by atoms with Gasteiger partial charge in [-0.15, -0.1) is 0 Å². The highest BCUT2D eigenvalue weighted by Crippen LogP contribution is 2.34. The van der Waals surface area contributed by atoms with Gasteiger partial charge in [-0.3, -0.25) is 9.59 Å². The number of phenolic OH excluding ortho intramolecular Hbond substituents is 1. The first-order valence-corrected chi connectivity index (χ1v) is 6.55. The van der Waals surface area contributed by atoms with Gasteiger partial charge in [0, 0.05) is 5.39 Å². The average Bonchev–Trinajstić information content (AvgIpc) is 2.34. The second-order valence-electron chi connectivity index (χ2n) is 4.47. The predicted octanol–water partition coefficient (Wildman–Crippen LogP) is 2.97. The number of carbonyl (C=O) groups excluding carboxylic acids is 2. The van der Waals surface area contributed by atoms with Crippen molar-refractivity contribution in [2.45, 2.75) is 20.8 Å². The minimum atomic E-state index is -0.646. The monoisotopic (exact) mass is 338 g/mol. The largest absolute Gasteiger partial charge is 0.506 e. The van der Waals surface area contributed by atoms with Crippen LogP contribution >= 0.6 is 15.9 Å². The SMILES string of the molecule is CC(=O)c1cc2c(C)c(Br)c(=O)oc2c(C(C)=O)c1O. The van der Waals surface area contributed by atoms with Crippen LogP contribution in [0.25, 0.3) is 11.0 Å². The van der Waals surface area contributed by atoms with Gasteiger partial charge in [-0.05, 0) is 48.3 Å². The second-order valence-corrected chi connectivity index (χ2v) is 5.26. The Kier molecular flexibility index (Phi) is 3.52. The van der Waals surface area contributed by atoms with Crippen molar-refractivity contribution < 1.29 is 19.1 Å². The standard InChI is InChI=1S/C14H11BrO5/c1-5-8-4-9(6(2)16)12(18)10(7(3)17)13(8)20-14(19)11(5)15/h4,18H,1-3H3. The van der Waals surface area contributed by atoms with Crippen LogP contribution in [0.15, 0.2) is 19.8 Å². The van der Waals surface area contributed by atoms with Gasteiger partial charge < -0.3 is 9.52 Å². The summed E-state index contributed by atoms with van der Waals surface area (Å²) in [5, 5.41) is 10.5. The van der Waals surface area contributed by atoms with Crippen molar-refractivity contribution >= 4 is 38.5 Å². The molecular formula is C14H11BrO5. The zero-order chi connectivity index (χ0) is 15.2. The highest BCUT2D eigenvalue weighted by molar-refractivity contribution is 9.10. The number of carbonyl (C=O) groups is 2. The van der Waals surface area contributed by atoms with Crippen LogP contribution in [0, 0.1) is 6.92 Å². The van der Waals surface area contributed by atoms with Crippen molar-refractivity contribution in [3.05, 3.63) is 37.6 Å². The number of hydrogen-bond acceptors (Lipinski definition) is 5. The molecule has 1 N–H and O–H groups in total. The van der Waals surface area contributed by atoms with Gasteiger partial charge in [0.1, 0.15) is 15.8 Å². The molecule has 0 radical (unpaired) electrons. The summed E-state index contributed by atoms with van der Waals surface area (Å²) in [7, 11) is 0. The summed E-state index contributed by atoms with van der Waals surface area (Å²) < 4.78 is 5.31. The van der Waals surface area contributed by atoms with Crippen LogP contribution in [0.2, 0.25) is 0 Å². The minimum absolute atomic E-state index is 0.00861. The number of rotatable bonds is 2. The van der Waals surface area contributed by atoms with Gasteiger partial charge in [0.15, 0.2) is 17.1 Å². The first-order valence-electron chi connectivity index (χ1n) is 5.76. The second kappa shape index (κ2) is 4.86. The third-order valence-corrected chi connectivity index (χ3v) is 4.01. The molecule has 0 saturated carbocycles. The molecule has 1 heterocycles. The van der Waals surface area contributed by atoms with Gasteiger partial charge in [-0.1, -0.05) is 0 Å². The fourth-order valence-corrected chi connectivity index (χ4v) is 2.34. The lowest BCUT2D eigenvalue weighted by Gasteiger charge is -2.11. The highest BCUT2D eigenvalue weighted by Gasteiger charge is 2.23. The van der Waals surface area contributed by atoms with Crippen molar-refractivity contribution in [2.75, 3.05) is 0 Å². The summed E-state index contributed by atoms with van der Waals surface area (Å²) in [5.41, 5.74) is -0.244. The Morgan fingerprint density at radius 3 is 2.35 bits per heavy atom. The molecule has 1 aromatic heterocycles. The number of Topliss-reactive ketones (excluding diaryl/α,β-unsaturated/α-hetero) is 2. The summed E-state index contributed by atoms with van der Waals surface area (Å²) in [4.78, 5) is 35.0. The number of fused-ring (bicyclic) bond motifs is 1. The molecular weight excluding hydrogens is 328 g/mol. The Labute approximate surface area is 122 Å². The maximum absolute atomic E-state index is 11.7. The van der Waals surface area contributed by atoms with E-state index in [1.165, 1.54) is 19.9 Å². The van der Waals surface area contributed by atoms with Crippen LogP contribution in [0.5, 0.6) is 5.75 Å². The Balaban J connectivity index is 3.14. The lowest BCUT2D eigenvalue weighted by Crippen LogP contribution is -2.08. The van der Waals surface area contributed by atoms with Crippen molar-refractivity contribution in [3.63, 3.8) is 0 Å². The van der Waals surface area contributed by atoms with Crippen LogP contribution in [-0.2, 0) is 0 Å². The van der Waals surface area contributed by atoms with E-state index in [9.17, 15) is 19.5 Å². The first-order chi connectivity index (χ1) is 9.25. The maximum atomic E-state index is 11.7. The van der Waals surface area contributed by atoms with Crippen LogP contribution in [0.3, 0.4) is 0 Å². The Bertz CT molecular complexity index is 817. The van der Waals surface area contributed by atoms with Crippen molar-refractivity contribution in [2.24, 2.45) is 0 Å². The summed E-state index contributed by atoms with van der Waals surface area (Å²) in [6.45, 7) is 4.18. The quantitative estimate of drug-likeness (QED) is 0.672. The smallest absolute Gasteiger partial charge is 0.350 e. The molecule has 0 spiro atoms. The highest BCUT2D eigenvalue weighted by atomic mass is 79.9. The van der Waals surface area contributed by atoms with E-state index in [0.29, 0.717) is 10.9 Å². The number of aryl methyl sites for hydroxylation is 1. The van der Waals surface area contributed by atoms with Crippen molar-refractivity contribution in [3.8, 4) is 5.75 Å². The molecule has 2 aromatic rings. The molecule has 5 nitrogen and oxygen atoms in total. The van der Waals surface area contributed by atoms with E-state index in [2.05, 4.69) is 15.9 Å². The van der Waals surface area contributed by atoms with Crippen LogP contribution in [-0.4, -0.2) is 16.7 Å². The average molecular weight is 339 g/mol. The Hall–Kier alpha value is -1.95. The third-order valence-electron chi connectivity index (χ3n) is 3.09. The molecule has 0 fully saturated rings. The van der Waals surface area contributed by atoms with Gasteiger partial charge >= 0.3 is 5.63 Å². The number of phenols is 1. The molecule has 0 amide bonds. The van der Waals surface area contributed by atoms with Gasteiger partial charge in [-0.2, -0.15) is 0 Å². The number of hydrogen-bond donors (Lipinski definition) is 1. The number of halogens is 1. The third kappa shape index (κ3) is 2.06. The molecule has 0 saturated heterocycles. The van der Waals surface area contributed by atoms with E-state index in [-0.39, 0.29) is 27.0 Å². The normalized spacial score (nSPS) is 10.8. The van der Waals surface area contributed by atoms with Gasteiger partial charge in [0.05, 0.1) is 5.56 Å². The molecule has 0 aliphatic heterocycles.